The van der Waals surface area contributed by atoms with Gasteiger partial charge in [-0.15, -0.1) is 0 Å². The maximum Gasteiger partial charge on any atom is 0.235 e. The Morgan fingerprint density at radius 2 is 1.92 bits per heavy atom. The number of piperidine rings is 2. The minimum Gasteiger partial charge on any atom is -0.378 e. The van der Waals surface area contributed by atoms with Gasteiger partial charge in [-0.25, -0.2) is 14.4 Å². The zero-order valence-corrected chi connectivity index (χ0v) is 26.8. The monoisotopic (exact) mass is 657 g/mol. The number of aromatic nitrogens is 3. The highest BCUT2D eigenvalue weighted by Crippen LogP contribution is 2.30. The Kier molecular flexibility index (Phi) is 9.60. The minimum atomic E-state index is -1.43. The lowest BCUT2D eigenvalue weighted by atomic mass is 9.94. The van der Waals surface area contributed by atoms with E-state index in [0.717, 1.165) is 51.5 Å². The number of nitrogens with one attached hydrogen (secondary N) is 2. The summed E-state index contributed by atoms with van der Waals surface area (Å²) in [5.41, 5.74) is 3.02. The van der Waals surface area contributed by atoms with Gasteiger partial charge in [0.15, 0.2) is 5.82 Å². The molecule has 4 atom stereocenters. The molecule has 5 aliphatic rings. The second kappa shape index (κ2) is 14.3. The van der Waals surface area contributed by atoms with E-state index in [1.54, 1.807) is 6.08 Å². The fourth-order valence-corrected chi connectivity index (χ4v) is 6.90. The number of amides is 2. The van der Waals surface area contributed by atoms with Crippen LogP contribution in [0.3, 0.4) is 0 Å². The molecular weight excluding hydrogens is 617 g/mol. The molecule has 0 radical (unpaired) electrons. The van der Waals surface area contributed by atoms with E-state index in [2.05, 4.69) is 53.6 Å². The topological polar surface area (TPSA) is 149 Å². The molecule has 2 aromatic rings. The average Bonchev–Trinajstić information content (AvgIpc) is 3.09. The highest BCUT2D eigenvalue weighted by atomic mass is 19.1. The number of hydrogen-bond acceptors (Lipinski definition) is 11. The molecule has 0 spiro atoms. The lowest BCUT2D eigenvalue weighted by Crippen LogP contribution is -2.56. The zero-order valence-electron chi connectivity index (χ0n) is 26.8. The van der Waals surface area contributed by atoms with E-state index >= 15 is 4.39 Å². The summed E-state index contributed by atoms with van der Waals surface area (Å²) in [6.07, 6.45) is 4.00. The Hall–Kier alpha value is -4.45. The third-order valence-corrected chi connectivity index (χ3v) is 9.82. The zero-order chi connectivity index (χ0) is 33.0. The van der Waals surface area contributed by atoms with Crippen LogP contribution in [0.1, 0.15) is 31.5 Å². The van der Waals surface area contributed by atoms with Crippen molar-refractivity contribution in [3.63, 3.8) is 0 Å². The van der Waals surface area contributed by atoms with E-state index in [9.17, 15) is 14.9 Å². The van der Waals surface area contributed by atoms with Crippen LogP contribution >= 0.6 is 0 Å². The van der Waals surface area contributed by atoms with Gasteiger partial charge >= 0.3 is 0 Å². The summed E-state index contributed by atoms with van der Waals surface area (Å²) in [5.74, 6) is -0.586. The first-order valence-electron chi connectivity index (χ1n) is 16.8. The smallest absolute Gasteiger partial charge is 0.235 e. The molecule has 48 heavy (non-hydrogen) atoms. The molecule has 7 rings (SSSR count). The van der Waals surface area contributed by atoms with Gasteiger partial charge in [-0.2, -0.15) is 10.2 Å². The number of allylic oxidation sites excluding steroid dienone is 2. The maximum atomic E-state index is 15.3. The summed E-state index contributed by atoms with van der Waals surface area (Å²) in [5, 5.41) is 15.9. The Bertz CT molecular complexity index is 1600. The molecule has 2 N–H and O–H groups in total. The van der Waals surface area contributed by atoms with Crippen LogP contribution in [0.4, 0.5) is 21.7 Å². The first-order chi connectivity index (χ1) is 23.4. The third-order valence-electron chi connectivity index (χ3n) is 9.82. The second-order valence-electron chi connectivity index (χ2n) is 12.9. The van der Waals surface area contributed by atoms with Crippen molar-refractivity contribution in [1.82, 2.24) is 30.1 Å². The molecule has 4 saturated heterocycles. The largest absolute Gasteiger partial charge is 0.378 e. The number of alkyl halides is 1. The van der Waals surface area contributed by atoms with E-state index < -0.39 is 24.3 Å². The Labute approximate surface area is 278 Å². The fourth-order valence-electron chi connectivity index (χ4n) is 6.90. The van der Waals surface area contributed by atoms with Gasteiger partial charge in [0.2, 0.25) is 17.8 Å². The number of nitriles is 1. The highest BCUT2D eigenvalue weighted by molar-refractivity contribution is 6.00. The maximum absolute atomic E-state index is 15.3. The van der Waals surface area contributed by atoms with E-state index in [0.29, 0.717) is 54.9 Å². The number of carbonyl (C=O) groups excluding carboxylic acids is 2. The number of carbonyl (C=O) groups is 2. The first-order valence-corrected chi connectivity index (χ1v) is 16.8. The van der Waals surface area contributed by atoms with Crippen molar-refractivity contribution in [3.05, 3.63) is 54.1 Å². The van der Waals surface area contributed by atoms with Crippen LogP contribution in [0.15, 0.2) is 48.3 Å². The summed E-state index contributed by atoms with van der Waals surface area (Å²) >= 11 is 0. The third kappa shape index (κ3) is 7.03. The average molecular weight is 658 g/mol. The van der Waals surface area contributed by atoms with E-state index in [4.69, 9.17) is 9.47 Å². The standard InChI is InChI=1S/C34H40FN9O4/c35-28-18-44(33(46)27-2-1-10-37-32(27)45)11-9-30(28)48-29-8-3-22(16-23(29)17-36)31-38-21-39-34(41-31)40-24-4-6-25(7-5-24)42-12-14-43(15-13-42)26-19-47-20-26/h3-7,16,21,26-30H,1-2,8-15,18-20H2,(H,37,45)(H,38,39,40,41)/t27?,28-,29?,30+/m1/s1. The van der Waals surface area contributed by atoms with Crippen molar-refractivity contribution in [1.29, 1.82) is 5.26 Å². The van der Waals surface area contributed by atoms with Crippen molar-refractivity contribution in [2.75, 3.05) is 69.2 Å². The molecule has 14 heteroatoms. The number of halogens is 1. The summed E-state index contributed by atoms with van der Waals surface area (Å²) in [4.78, 5) is 44.5. The molecule has 2 unspecified atom stereocenters. The molecule has 2 amide bonds. The summed E-state index contributed by atoms with van der Waals surface area (Å²) in [7, 11) is 0. The molecule has 4 aliphatic heterocycles. The van der Waals surface area contributed by atoms with Crippen LogP contribution < -0.4 is 15.5 Å². The van der Waals surface area contributed by atoms with Gasteiger partial charge in [-0.3, -0.25) is 14.5 Å². The molecule has 252 valence electrons. The van der Waals surface area contributed by atoms with Gasteiger partial charge in [0.1, 0.15) is 18.4 Å². The molecule has 1 aromatic carbocycles. The van der Waals surface area contributed by atoms with Crippen LogP contribution in [-0.4, -0.2) is 120 Å². The summed E-state index contributed by atoms with van der Waals surface area (Å²) < 4.78 is 26.7. The molecule has 1 aromatic heterocycles. The predicted octanol–water partition coefficient (Wildman–Crippen LogP) is 2.22. The lowest BCUT2D eigenvalue weighted by molar-refractivity contribution is -0.148. The molecule has 13 nitrogen and oxygen atoms in total. The van der Waals surface area contributed by atoms with E-state index in [1.807, 2.05) is 18.2 Å². The molecule has 1 aliphatic carbocycles. The number of rotatable bonds is 8. The number of anilines is 3. The van der Waals surface area contributed by atoms with Crippen molar-refractivity contribution in [2.45, 2.75) is 50.1 Å². The number of likely N-dealkylation sites (tertiary alicyclic amines) is 1. The first kappa shape index (κ1) is 32.1. The van der Waals surface area contributed by atoms with Crippen LogP contribution in [0, 0.1) is 17.2 Å². The molecule has 4 fully saturated rings. The van der Waals surface area contributed by atoms with Crippen molar-refractivity contribution in [2.24, 2.45) is 5.92 Å². The van der Waals surface area contributed by atoms with Crippen LogP contribution in [0.2, 0.25) is 0 Å². The minimum absolute atomic E-state index is 0.135. The Morgan fingerprint density at radius 1 is 1.10 bits per heavy atom. The highest BCUT2D eigenvalue weighted by Gasteiger charge is 2.39. The molecular formula is C34H40FN9O4. The van der Waals surface area contributed by atoms with Gasteiger partial charge in [0.25, 0.3) is 0 Å². The van der Waals surface area contributed by atoms with Gasteiger partial charge in [0, 0.05) is 56.2 Å². The van der Waals surface area contributed by atoms with E-state index in [-0.39, 0.29) is 24.8 Å². The molecule has 5 heterocycles. The summed E-state index contributed by atoms with van der Waals surface area (Å²) in [6, 6.07) is 11.0. The van der Waals surface area contributed by atoms with Gasteiger partial charge in [-0.05, 0) is 56.0 Å². The number of hydrogen-bond donors (Lipinski definition) is 2. The fraction of sp³-hybridized carbons (Fsp3) is 0.529. The number of piperazine rings is 1. The van der Waals surface area contributed by atoms with Gasteiger partial charge in [0.05, 0.1) is 49.7 Å². The van der Waals surface area contributed by atoms with Crippen molar-refractivity contribution in [3.8, 4) is 6.07 Å². The number of ether oxygens (including phenoxy) is 2. The summed E-state index contributed by atoms with van der Waals surface area (Å²) in [6.45, 7) is 6.44. The molecule has 0 saturated carbocycles. The SMILES string of the molecule is N#CC1=CC(c2ncnc(Nc3ccc(N4CCN(C5COC5)CC4)cc3)n2)=CCC1O[C@H]1CCN(C(=O)C2CCCNC2=O)C[C@H]1F. The van der Waals surface area contributed by atoms with Crippen molar-refractivity contribution < 1.29 is 23.5 Å². The second-order valence-corrected chi connectivity index (χ2v) is 12.9. The quantitative estimate of drug-likeness (QED) is 0.403. The van der Waals surface area contributed by atoms with Crippen LogP contribution in [0.25, 0.3) is 5.57 Å². The van der Waals surface area contributed by atoms with E-state index in [1.165, 1.54) is 16.9 Å². The number of benzene rings is 1. The van der Waals surface area contributed by atoms with Crippen LogP contribution in [-0.2, 0) is 19.1 Å². The Balaban J connectivity index is 0.927. The Morgan fingerprint density at radius 3 is 2.62 bits per heavy atom. The van der Waals surface area contributed by atoms with Gasteiger partial charge in [-0.1, -0.05) is 6.08 Å². The van der Waals surface area contributed by atoms with Crippen LogP contribution in [0.5, 0.6) is 0 Å². The normalized spacial score (nSPS) is 26.9. The lowest BCUT2D eigenvalue weighted by Gasteiger charge is -2.43. The molecule has 0 bridgehead atoms. The van der Waals surface area contributed by atoms with Crippen molar-refractivity contribution >= 4 is 34.7 Å². The van der Waals surface area contributed by atoms with Gasteiger partial charge < -0.3 is 29.9 Å². The number of nitrogens with zero attached hydrogens (tertiary/aromatic N) is 7. The predicted molar refractivity (Wildman–Crippen MR) is 175 cm³/mol.